The summed E-state index contributed by atoms with van der Waals surface area (Å²) in [5, 5.41) is 13.0. The second-order valence-electron chi connectivity index (χ2n) is 4.70. The maximum Gasteiger partial charge on any atom is 0.0637 e. The Morgan fingerprint density at radius 3 is 2.59 bits per heavy atom. The predicted octanol–water partition coefficient (Wildman–Crippen LogP) is 4.22. The van der Waals surface area contributed by atoms with Crippen molar-refractivity contribution in [3.63, 3.8) is 0 Å². The van der Waals surface area contributed by atoms with Crippen LogP contribution < -0.4 is 5.32 Å². The summed E-state index contributed by atoms with van der Waals surface area (Å²) in [7, 11) is 0. The maximum absolute atomic E-state index is 8.67. The molecule has 0 atom stereocenters. The Morgan fingerprint density at radius 2 is 1.94 bits per heavy atom. The zero-order chi connectivity index (χ0) is 12.1. The Hall–Kier alpha value is -1.20. The molecule has 2 rings (SSSR count). The van der Waals surface area contributed by atoms with Crippen molar-refractivity contribution in [1.82, 2.24) is 0 Å². The number of nitrogens with one attached hydrogen (secondary N) is 1. The SMILES string of the molecule is N#CCC1CCC(Nc2ccccc2Cl)CC1. The molecular formula is C14H17ClN2. The van der Waals surface area contributed by atoms with Crippen LogP contribution in [0.5, 0.6) is 0 Å². The van der Waals surface area contributed by atoms with Crippen molar-refractivity contribution >= 4 is 17.3 Å². The van der Waals surface area contributed by atoms with E-state index in [1.807, 2.05) is 24.3 Å². The molecule has 17 heavy (non-hydrogen) atoms. The summed E-state index contributed by atoms with van der Waals surface area (Å²) in [4.78, 5) is 0. The average Bonchev–Trinajstić information content (AvgIpc) is 2.35. The maximum atomic E-state index is 8.67. The van der Waals surface area contributed by atoms with Crippen LogP contribution in [0.2, 0.25) is 5.02 Å². The standard InChI is InChI=1S/C14H17ClN2/c15-13-3-1-2-4-14(13)17-12-7-5-11(6-8-12)9-10-16/h1-4,11-12,17H,5-9H2. The Morgan fingerprint density at radius 1 is 1.24 bits per heavy atom. The van der Waals surface area contributed by atoms with Crippen LogP contribution in [0, 0.1) is 17.2 Å². The van der Waals surface area contributed by atoms with E-state index in [1.165, 1.54) is 0 Å². The van der Waals surface area contributed by atoms with Gasteiger partial charge in [-0.2, -0.15) is 5.26 Å². The number of anilines is 1. The first-order chi connectivity index (χ1) is 8.29. The minimum Gasteiger partial charge on any atom is -0.381 e. The monoisotopic (exact) mass is 248 g/mol. The van der Waals surface area contributed by atoms with Crippen LogP contribution in [-0.2, 0) is 0 Å². The van der Waals surface area contributed by atoms with Crippen LogP contribution in [0.25, 0.3) is 0 Å². The van der Waals surface area contributed by atoms with Gasteiger partial charge in [-0.05, 0) is 43.7 Å². The van der Waals surface area contributed by atoms with E-state index in [9.17, 15) is 0 Å². The fraction of sp³-hybridized carbons (Fsp3) is 0.500. The van der Waals surface area contributed by atoms with Crippen LogP contribution in [-0.4, -0.2) is 6.04 Å². The van der Waals surface area contributed by atoms with Gasteiger partial charge in [-0.25, -0.2) is 0 Å². The number of nitrogens with zero attached hydrogens (tertiary/aromatic N) is 1. The van der Waals surface area contributed by atoms with Crippen molar-refractivity contribution in [3.8, 4) is 6.07 Å². The Labute approximate surface area is 108 Å². The van der Waals surface area contributed by atoms with Crippen molar-refractivity contribution < 1.29 is 0 Å². The van der Waals surface area contributed by atoms with E-state index in [0.717, 1.165) is 36.4 Å². The smallest absolute Gasteiger partial charge is 0.0637 e. The lowest BCUT2D eigenvalue weighted by Crippen LogP contribution is -2.26. The van der Waals surface area contributed by atoms with E-state index < -0.39 is 0 Å². The highest BCUT2D eigenvalue weighted by molar-refractivity contribution is 6.33. The van der Waals surface area contributed by atoms with E-state index in [2.05, 4.69) is 11.4 Å². The zero-order valence-electron chi connectivity index (χ0n) is 9.82. The van der Waals surface area contributed by atoms with E-state index in [0.29, 0.717) is 18.4 Å². The highest BCUT2D eigenvalue weighted by Gasteiger charge is 2.21. The van der Waals surface area contributed by atoms with Crippen molar-refractivity contribution in [2.75, 3.05) is 5.32 Å². The molecule has 90 valence electrons. The average molecular weight is 249 g/mol. The third kappa shape index (κ3) is 3.38. The number of halogens is 1. The molecule has 2 nitrogen and oxygen atoms in total. The molecule has 0 bridgehead atoms. The van der Waals surface area contributed by atoms with Crippen molar-refractivity contribution in [1.29, 1.82) is 5.26 Å². The fourth-order valence-electron chi connectivity index (χ4n) is 2.44. The van der Waals surface area contributed by atoms with E-state index >= 15 is 0 Å². The van der Waals surface area contributed by atoms with Crippen molar-refractivity contribution in [2.24, 2.45) is 5.92 Å². The lowest BCUT2D eigenvalue weighted by atomic mass is 9.84. The third-order valence-corrected chi connectivity index (χ3v) is 3.79. The number of benzene rings is 1. The summed E-state index contributed by atoms with van der Waals surface area (Å²) in [6.45, 7) is 0. The second kappa shape index (κ2) is 5.93. The van der Waals surface area contributed by atoms with E-state index in [-0.39, 0.29) is 0 Å². The third-order valence-electron chi connectivity index (χ3n) is 3.46. The molecule has 0 radical (unpaired) electrons. The van der Waals surface area contributed by atoms with Gasteiger partial charge in [-0.1, -0.05) is 23.7 Å². The van der Waals surface area contributed by atoms with Gasteiger partial charge in [0.25, 0.3) is 0 Å². The number of rotatable bonds is 3. The van der Waals surface area contributed by atoms with Crippen LogP contribution in [0.1, 0.15) is 32.1 Å². The topological polar surface area (TPSA) is 35.8 Å². The van der Waals surface area contributed by atoms with Crippen molar-refractivity contribution in [3.05, 3.63) is 29.3 Å². The number of para-hydroxylation sites is 1. The lowest BCUT2D eigenvalue weighted by molar-refractivity contribution is 0.343. The molecule has 0 aliphatic heterocycles. The van der Waals surface area contributed by atoms with Gasteiger partial charge in [-0.3, -0.25) is 0 Å². The van der Waals surface area contributed by atoms with Crippen LogP contribution in [0.15, 0.2) is 24.3 Å². The zero-order valence-corrected chi connectivity index (χ0v) is 10.6. The van der Waals surface area contributed by atoms with Gasteiger partial charge in [0.05, 0.1) is 16.8 Å². The number of hydrogen-bond donors (Lipinski definition) is 1. The Balaban J connectivity index is 1.86. The molecule has 0 aromatic heterocycles. The minimum atomic E-state index is 0.504. The summed E-state index contributed by atoms with van der Waals surface area (Å²) in [5.74, 6) is 0.601. The normalized spacial score (nSPS) is 24.0. The van der Waals surface area contributed by atoms with Gasteiger partial charge in [0.1, 0.15) is 0 Å². The quantitative estimate of drug-likeness (QED) is 0.869. The highest BCUT2D eigenvalue weighted by atomic mass is 35.5. The lowest BCUT2D eigenvalue weighted by Gasteiger charge is -2.28. The van der Waals surface area contributed by atoms with Gasteiger partial charge in [0.15, 0.2) is 0 Å². The van der Waals surface area contributed by atoms with Gasteiger partial charge >= 0.3 is 0 Å². The summed E-state index contributed by atoms with van der Waals surface area (Å²) in [6.07, 6.45) is 5.28. The van der Waals surface area contributed by atoms with Crippen LogP contribution in [0.4, 0.5) is 5.69 Å². The molecule has 1 saturated carbocycles. The first-order valence-electron chi connectivity index (χ1n) is 6.17. The second-order valence-corrected chi connectivity index (χ2v) is 5.11. The predicted molar refractivity (Wildman–Crippen MR) is 71.1 cm³/mol. The molecule has 0 heterocycles. The van der Waals surface area contributed by atoms with Crippen molar-refractivity contribution in [2.45, 2.75) is 38.1 Å². The molecule has 1 N–H and O–H groups in total. The van der Waals surface area contributed by atoms with Crippen LogP contribution >= 0.6 is 11.6 Å². The first-order valence-corrected chi connectivity index (χ1v) is 6.55. The molecule has 1 aromatic carbocycles. The molecule has 1 aliphatic carbocycles. The molecule has 1 aliphatic rings. The van der Waals surface area contributed by atoms with Gasteiger partial charge in [0.2, 0.25) is 0 Å². The summed E-state index contributed by atoms with van der Waals surface area (Å²) in [6, 6.07) is 10.6. The molecule has 0 saturated heterocycles. The molecule has 1 fully saturated rings. The Bertz CT molecular complexity index is 403. The van der Waals surface area contributed by atoms with E-state index in [1.54, 1.807) is 0 Å². The molecule has 0 amide bonds. The first kappa shape index (κ1) is 12.3. The minimum absolute atomic E-state index is 0.504. The number of hydrogen-bond acceptors (Lipinski definition) is 2. The largest absolute Gasteiger partial charge is 0.381 e. The molecule has 3 heteroatoms. The van der Waals surface area contributed by atoms with Crippen LogP contribution in [0.3, 0.4) is 0 Å². The molecule has 1 aromatic rings. The van der Waals surface area contributed by atoms with Gasteiger partial charge in [-0.15, -0.1) is 0 Å². The molecule has 0 unspecified atom stereocenters. The number of nitriles is 1. The Kier molecular flexibility index (Phi) is 4.28. The summed E-state index contributed by atoms with van der Waals surface area (Å²) >= 11 is 6.12. The fourth-order valence-corrected chi connectivity index (χ4v) is 2.63. The summed E-state index contributed by atoms with van der Waals surface area (Å²) < 4.78 is 0. The highest BCUT2D eigenvalue weighted by Crippen LogP contribution is 2.30. The molecule has 0 spiro atoms. The molecular weight excluding hydrogens is 232 g/mol. The summed E-state index contributed by atoms with van der Waals surface area (Å²) in [5.41, 5.74) is 1.03. The van der Waals surface area contributed by atoms with Gasteiger partial charge in [0, 0.05) is 12.5 Å². The van der Waals surface area contributed by atoms with Gasteiger partial charge < -0.3 is 5.32 Å². The van der Waals surface area contributed by atoms with E-state index in [4.69, 9.17) is 16.9 Å².